The molecule has 0 aromatic heterocycles. The molecule has 0 saturated heterocycles. The highest BCUT2D eigenvalue weighted by molar-refractivity contribution is 7.47. The van der Waals surface area contributed by atoms with E-state index in [0.29, 0.717) is 6.42 Å². The van der Waals surface area contributed by atoms with Gasteiger partial charge in [-0.05, 0) is 12.8 Å². The van der Waals surface area contributed by atoms with Crippen LogP contribution in [0.15, 0.2) is 0 Å². The Morgan fingerprint density at radius 2 is 0.843 bits per heavy atom. The van der Waals surface area contributed by atoms with E-state index in [0.717, 1.165) is 32.1 Å². The summed E-state index contributed by atoms with van der Waals surface area (Å²) in [6.45, 7) is 3.73. The van der Waals surface area contributed by atoms with E-state index in [1.165, 1.54) is 154 Å². The van der Waals surface area contributed by atoms with Gasteiger partial charge in [0.05, 0.1) is 13.2 Å². The summed E-state index contributed by atoms with van der Waals surface area (Å²) in [5, 5.41) is 0. The van der Waals surface area contributed by atoms with E-state index in [2.05, 4.69) is 13.8 Å². The third-order valence-electron chi connectivity index (χ3n) is 9.49. The summed E-state index contributed by atoms with van der Waals surface area (Å²) >= 11 is 0. The lowest BCUT2D eigenvalue weighted by Crippen LogP contribution is -2.29. The van der Waals surface area contributed by atoms with Gasteiger partial charge in [0.1, 0.15) is 6.61 Å². The van der Waals surface area contributed by atoms with Crippen molar-refractivity contribution in [2.75, 3.05) is 26.4 Å². The average Bonchev–Trinajstić information content (AvgIpc) is 3.11. The highest BCUT2D eigenvalue weighted by Crippen LogP contribution is 2.43. The van der Waals surface area contributed by atoms with E-state index in [1.54, 1.807) is 0 Å². The van der Waals surface area contributed by atoms with Gasteiger partial charge < -0.3 is 20.1 Å². The van der Waals surface area contributed by atoms with Crippen molar-refractivity contribution in [3.8, 4) is 0 Å². The lowest BCUT2D eigenvalue weighted by atomic mass is 10.0. The second kappa shape index (κ2) is 38.7. The van der Waals surface area contributed by atoms with Gasteiger partial charge in [-0.2, -0.15) is 0 Å². The maximum atomic E-state index is 12.5. The molecule has 0 aliphatic carbocycles. The molecule has 0 aliphatic heterocycles. The number of carbonyl (C=O) groups excluding carboxylic acids is 2. The number of rotatable bonds is 41. The molecule has 0 amide bonds. The standard InChI is InChI=1S/C41H82NO8P/c1-3-5-7-9-11-13-14-15-16-17-18-19-20-21-22-23-24-25-26-28-30-32-34-41(44)50-39(38-49-51(45,46)48-36-35-42)37-47-40(43)33-31-29-27-12-10-8-6-4-2/h39H,3-38,42H2,1-2H3,(H,45,46)/t39-/m1/s1. The van der Waals surface area contributed by atoms with Gasteiger partial charge in [-0.1, -0.05) is 194 Å². The van der Waals surface area contributed by atoms with Gasteiger partial charge in [0.25, 0.3) is 0 Å². The number of nitrogens with two attached hydrogens (primary N) is 1. The van der Waals surface area contributed by atoms with Crippen molar-refractivity contribution >= 4 is 19.8 Å². The molecule has 1 unspecified atom stereocenters. The molecule has 0 fully saturated rings. The second-order valence-electron chi connectivity index (χ2n) is 14.6. The van der Waals surface area contributed by atoms with E-state index < -0.39 is 26.5 Å². The zero-order chi connectivity index (χ0) is 37.5. The SMILES string of the molecule is CCCCCCCCCCCCCCCCCCCCCCCCC(=O)O[C@H](COC(=O)CCCCCCCCCC)COP(=O)(O)OCCN. The van der Waals surface area contributed by atoms with Crippen LogP contribution in [0.2, 0.25) is 0 Å². The maximum Gasteiger partial charge on any atom is 0.472 e. The van der Waals surface area contributed by atoms with Crippen LogP contribution < -0.4 is 5.73 Å². The van der Waals surface area contributed by atoms with E-state index >= 15 is 0 Å². The smallest absolute Gasteiger partial charge is 0.462 e. The Bertz CT molecular complexity index is 815. The van der Waals surface area contributed by atoms with Crippen molar-refractivity contribution in [1.29, 1.82) is 0 Å². The minimum Gasteiger partial charge on any atom is -0.462 e. The minimum absolute atomic E-state index is 0.0578. The van der Waals surface area contributed by atoms with Gasteiger partial charge in [0, 0.05) is 19.4 Å². The lowest BCUT2D eigenvalue weighted by molar-refractivity contribution is -0.161. The summed E-state index contributed by atoms with van der Waals surface area (Å²) in [7, 11) is -4.36. The number of phosphoric acid groups is 1. The third-order valence-corrected chi connectivity index (χ3v) is 10.5. The Morgan fingerprint density at radius 1 is 0.510 bits per heavy atom. The number of esters is 2. The van der Waals surface area contributed by atoms with Gasteiger partial charge in [-0.15, -0.1) is 0 Å². The zero-order valence-electron chi connectivity index (χ0n) is 33.4. The van der Waals surface area contributed by atoms with Gasteiger partial charge in [0.2, 0.25) is 0 Å². The maximum absolute atomic E-state index is 12.5. The summed E-state index contributed by atoms with van der Waals surface area (Å²) in [6, 6.07) is 0. The molecule has 51 heavy (non-hydrogen) atoms. The van der Waals surface area contributed by atoms with Gasteiger partial charge >= 0.3 is 19.8 Å². The molecule has 10 heteroatoms. The number of unbranched alkanes of at least 4 members (excludes halogenated alkanes) is 28. The molecule has 0 aliphatic rings. The number of ether oxygens (including phenoxy) is 2. The van der Waals surface area contributed by atoms with Crippen LogP contribution in [0.3, 0.4) is 0 Å². The number of hydrogen-bond donors (Lipinski definition) is 2. The van der Waals surface area contributed by atoms with Gasteiger partial charge in [-0.25, -0.2) is 4.57 Å². The average molecular weight is 748 g/mol. The van der Waals surface area contributed by atoms with E-state index in [1.807, 2.05) is 0 Å². The van der Waals surface area contributed by atoms with Crippen LogP contribution in [0, 0.1) is 0 Å². The minimum atomic E-state index is -4.36. The first-order chi connectivity index (χ1) is 24.8. The summed E-state index contributed by atoms with van der Waals surface area (Å²) < 4.78 is 32.7. The fourth-order valence-corrected chi connectivity index (χ4v) is 7.05. The van der Waals surface area contributed by atoms with E-state index in [4.69, 9.17) is 24.3 Å². The molecule has 3 N–H and O–H groups in total. The van der Waals surface area contributed by atoms with E-state index in [9.17, 15) is 19.0 Å². The zero-order valence-corrected chi connectivity index (χ0v) is 34.3. The number of carbonyl (C=O) groups is 2. The molecule has 0 radical (unpaired) electrons. The van der Waals surface area contributed by atoms with Crippen molar-refractivity contribution in [2.24, 2.45) is 5.73 Å². The van der Waals surface area contributed by atoms with Crippen LogP contribution >= 0.6 is 7.82 Å². The molecular weight excluding hydrogens is 665 g/mol. The van der Waals surface area contributed by atoms with E-state index in [-0.39, 0.29) is 38.6 Å². The normalized spacial score (nSPS) is 13.3. The van der Waals surface area contributed by atoms with Gasteiger partial charge in [0.15, 0.2) is 6.10 Å². The first kappa shape index (κ1) is 50.0. The Balaban J connectivity index is 3.96. The van der Waals surface area contributed by atoms with Crippen LogP contribution in [-0.2, 0) is 32.7 Å². The second-order valence-corrected chi connectivity index (χ2v) is 16.0. The van der Waals surface area contributed by atoms with Crippen LogP contribution in [0.25, 0.3) is 0 Å². The lowest BCUT2D eigenvalue weighted by Gasteiger charge is -2.19. The molecular formula is C41H82NO8P. The third kappa shape index (κ3) is 38.5. The van der Waals surface area contributed by atoms with Crippen LogP contribution in [0.4, 0.5) is 0 Å². The fourth-order valence-electron chi connectivity index (χ4n) is 6.28. The van der Waals surface area contributed by atoms with Crippen molar-refractivity contribution in [3.63, 3.8) is 0 Å². The predicted molar refractivity (Wildman–Crippen MR) is 211 cm³/mol. The molecule has 2 atom stereocenters. The van der Waals surface area contributed by atoms with Crippen molar-refractivity contribution in [3.05, 3.63) is 0 Å². The first-order valence-electron chi connectivity index (χ1n) is 21.5. The molecule has 0 aromatic carbocycles. The molecule has 0 rings (SSSR count). The molecule has 0 bridgehead atoms. The monoisotopic (exact) mass is 748 g/mol. The Hall–Kier alpha value is -0.990. The van der Waals surface area contributed by atoms with Crippen LogP contribution in [-0.4, -0.2) is 49.3 Å². The highest BCUT2D eigenvalue weighted by Gasteiger charge is 2.26. The molecule has 0 aromatic rings. The highest BCUT2D eigenvalue weighted by atomic mass is 31.2. The Morgan fingerprint density at radius 3 is 1.20 bits per heavy atom. The fraction of sp³-hybridized carbons (Fsp3) is 0.951. The molecule has 0 heterocycles. The molecule has 304 valence electrons. The summed E-state index contributed by atoms with van der Waals surface area (Å²) in [6.07, 6.45) is 37.3. The van der Waals surface area contributed by atoms with Crippen molar-refractivity contribution in [2.45, 2.75) is 225 Å². The largest absolute Gasteiger partial charge is 0.472 e. The topological polar surface area (TPSA) is 134 Å². The molecule has 9 nitrogen and oxygen atoms in total. The quantitative estimate of drug-likeness (QED) is 0.0356. The number of phosphoric ester groups is 1. The van der Waals surface area contributed by atoms with Crippen LogP contribution in [0.5, 0.6) is 0 Å². The summed E-state index contributed by atoms with van der Waals surface area (Å²) in [5.41, 5.74) is 5.33. The molecule has 0 spiro atoms. The Kier molecular flexibility index (Phi) is 38.0. The molecule has 0 saturated carbocycles. The van der Waals surface area contributed by atoms with Crippen molar-refractivity contribution < 1.29 is 37.6 Å². The Labute approximate surface area is 314 Å². The summed E-state index contributed by atoms with van der Waals surface area (Å²) in [5.74, 6) is -0.820. The summed E-state index contributed by atoms with van der Waals surface area (Å²) in [4.78, 5) is 34.7. The van der Waals surface area contributed by atoms with Gasteiger partial charge in [-0.3, -0.25) is 18.6 Å². The predicted octanol–water partition coefficient (Wildman–Crippen LogP) is 12.1. The van der Waals surface area contributed by atoms with Crippen molar-refractivity contribution in [1.82, 2.24) is 0 Å². The number of hydrogen-bond acceptors (Lipinski definition) is 8. The van der Waals surface area contributed by atoms with Crippen LogP contribution in [0.1, 0.15) is 219 Å². The first-order valence-corrected chi connectivity index (χ1v) is 23.0.